The Bertz CT molecular complexity index is 7100. The number of amides is 4. The number of para-hydroxylation sites is 5. The van der Waals surface area contributed by atoms with Gasteiger partial charge in [0.15, 0.2) is 5.69 Å². The molecule has 0 bridgehead atoms. The summed E-state index contributed by atoms with van der Waals surface area (Å²) in [5.74, 6) is 2.47. The van der Waals surface area contributed by atoms with Gasteiger partial charge in [-0.05, 0) is 197 Å². The zero-order valence-corrected chi connectivity index (χ0v) is 106. The number of fused-ring (bicyclic) bond motifs is 4. The minimum absolute atomic E-state index is 0.278. The third-order valence-electron chi connectivity index (χ3n) is 22.0. The Morgan fingerprint density at radius 3 is 1.06 bits per heavy atom. The van der Waals surface area contributed by atoms with Crippen LogP contribution < -0.4 is 22.9 Å². The average molecular weight is 3220 g/mol. The summed E-state index contributed by atoms with van der Waals surface area (Å²) in [4.78, 5) is 71.8. The van der Waals surface area contributed by atoms with E-state index in [1.807, 2.05) is 201 Å². The molecule has 0 fully saturated rings. The van der Waals surface area contributed by atoms with Crippen molar-refractivity contribution in [3.8, 4) is 78.4 Å². The number of nitrogens with two attached hydrogens (primary N) is 4. The van der Waals surface area contributed by atoms with Crippen molar-refractivity contribution in [3.63, 3.8) is 0 Å². The number of hydrogen-bond acceptors (Lipinski definition) is 8. The number of alkyl halides is 2. The van der Waals surface area contributed by atoms with Gasteiger partial charge in [-0.15, -0.1) is 0 Å². The van der Waals surface area contributed by atoms with E-state index in [0.717, 1.165) is 182 Å². The predicted octanol–water partition coefficient (Wildman–Crippen LogP) is 33.6. The van der Waals surface area contributed by atoms with Gasteiger partial charge in [-0.1, -0.05) is 299 Å². The summed E-state index contributed by atoms with van der Waals surface area (Å²) < 4.78 is 6.65. The third-order valence-corrected chi connectivity index (χ3v) is 23.3. The van der Waals surface area contributed by atoms with Crippen LogP contribution in [0.5, 0.6) is 0 Å². The van der Waals surface area contributed by atoms with Crippen LogP contribution >= 0.6 is 229 Å². The molecule has 4 aromatic heterocycles. The first-order chi connectivity index (χ1) is 67.4. The first-order valence-corrected chi connectivity index (χ1v) is 88.0. The monoisotopic (exact) mass is 3220 g/mol. The SMILES string of the molecule is CCCc1nc2c(C)cc(-c3nc4ccccc4n3C)cc2[nH]1.CCCc1nc2c(C)cc(-c3nc4ccccc4n3C)cc2n1Cc1ccc(-c2ccccc2C(N)=O)cc1.Cc1ccc(-c2ccccc2C(N)=O)cc1.II.NC(=O)c1ccccc1-c1ccc(CBr)cc1.NC(=O)c1ccccc1-c1ccc(CBr)cc1.[C-]#[N+]c1ccccc1-c1ccc(C)cc1.[I][V]([I])[I].[I][V]([I])[I].[I][V][I]. The van der Waals surface area contributed by atoms with Crippen LogP contribution in [0.1, 0.15) is 119 Å². The van der Waals surface area contributed by atoms with Crippen molar-refractivity contribution in [1.29, 1.82) is 0 Å². The Morgan fingerprint density at radius 1 is 0.393 bits per heavy atom. The summed E-state index contributed by atoms with van der Waals surface area (Å²) in [6.07, 6.45) is 3.99. The topological polar surface area (TPSA) is 259 Å². The molecule has 0 aliphatic heterocycles. The van der Waals surface area contributed by atoms with E-state index in [2.05, 4.69) is 398 Å². The Morgan fingerprint density at radius 2 is 0.707 bits per heavy atom. The molecule has 9 N–H and O–H groups in total. The van der Waals surface area contributed by atoms with Gasteiger partial charge in [-0.25, -0.2) is 24.8 Å². The maximum atomic E-state index is 11.9. The molecule has 18 aromatic rings. The van der Waals surface area contributed by atoms with Crippen molar-refractivity contribution >= 4 is 302 Å². The number of hydrogen-bond donors (Lipinski definition) is 5. The molecule has 14 aromatic carbocycles. The summed E-state index contributed by atoms with van der Waals surface area (Å²) in [6, 6.07) is 103. The summed E-state index contributed by atoms with van der Waals surface area (Å²) in [5, 5.41) is 1.65. The van der Waals surface area contributed by atoms with Crippen molar-refractivity contribution < 1.29 is 38.5 Å². The third kappa shape index (κ3) is 34.5. The Balaban J connectivity index is 0.000000190. The predicted molar refractivity (Wildman–Crippen MR) is 666 cm³/mol. The number of carbonyl (C=O) groups is 4. The number of carbonyl (C=O) groups excluding carboxylic acids is 4. The van der Waals surface area contributed by atoms with Gasteiger partial charge in [0, 0.05) is 115 Å². The van der Waals surface area contributed by atoms with Gasteiger partial charge >= 0.3 is 179 Å². The summed E-state index contributed by atoms with van der Waals surface area (Å²) in [7, 11) is 4.77. The molecule has 0 aliphatic carbocycles. The van der Waals surface area contributed by atoms with E-state index in [-0.39, 0.29) is 9.84 Å². The maximum absolute atomic E-state index is 11.9. The van der Waals surface area contributed by atoms with Gasteiger partial charge in [-0.2, -0.15) is 0 Å². The summed E-state index contributed by atoms with van der Waals surface area (Å²) in [6.45, 7) is 20.5. The number of primary amides is 4. The average Bonchev–Trinajstić information content (AvgIpc) is 1.60. The molecule has 32 heteroatoms. The molecule has 17 nitrogen and oxygen atoms in total. The number of nitrogens with one attached hydrogen (secondary N) is 1. The number of aromatic nitrogens is 8. The van der Waals surface area contributed by atoms with Gasteiger partial charge in [0.25, 0.3) is 0 Å². The fourth-order valence-electron chi connectivity index (χ4n) is 15.4. The van der Waals surface area contributed by atoms with Crippen LogP contribution in [-0.4, -0.2) is 62.2 Å². The molecule has 4 amide bonds. The minimum atomic E-state index is -0.421. The van der Waals surface area contributed by atoms with E-state index in [4.69, 9.17) is 49.4 Å². The zero-order chi connectivity index (χ0) is 102. The van der Waals surface area contributed by atoms with Crippen LogP contribution in [0.15, 0.2) is 315 Å². The number of H-pyrrole nitrogens is 1. The van der Waals surface area contributed by atoms with Gasteiger partial charge in [0.1, 0.15) is 23.3 Å². The van der Waals surface area contributed by atoms with Crippen molar-refractivity contribution in [1.82, 2.24) is 38.6 Å². The number of aryl methyl sites for hydroxylation is 8. The van der Waals surface area contributed by atoms with Crippen LogP contribution in [-0.2, 0) is 63.4 Å². The number of halogens is 12. The van der Waals surface area contributed by atoms with E-state index in [1.165, 1.54) is 27.8 Å². The second-order valence-corrected chi connectivity index (χ2v) is 115. The van der Waals surface area contributed by atoms with E-state index in [0.29, 0.717) is 44.0 Å². The van der Waals surface area contributed by atoms with E-state index < -0.39 is 23.6 Å². The van der Waals surface area contributed by atoms with E-state index >= 15 is 0 Å². The summed E-state index contributed by atoms with van der Waals surface area (Å²) >= 11 is 30.6. The second kappa shape index (κ2) is 61.2. The Labute approximate surface area is 963 Å². The number of benzene rings is 14. The zero-order valence-electron chi connectivity index (χ0n) is 77.4. The van der Waals surface area contributed by atoms with Crippen LogP contribution in [0.2, 0.25) is 0 Å². The molecular weight excluding hydrogens is 3120 g/mol. The fraction of sp³-hybridized carbons (Fsp3) is 0.139. The molecular formula is C108H99Br2I10N13O4V3. The molecule has 0 aliphatic rings. The standard InChI is InChI=1S/C33H31N5O.C19H20N4.2C14H12BrNO.C14H13NO.C14H11N.I2.8HI.3V/c1-4-9-30-36-31-21(2)18-24(33-35-27-12-7-8-13-28(27)37(33)3)19-29(31)38(30)20-22-14-16-23(17-15-22)25-10-5-6-11-26(25)32(34)39;1-4-7-17-20-15-11-13(10-12(2)18(15)22-17)19-21-14-8-5-6-9-16(14)23(19)3;2*15-9-10-5-7-11(8-6-10)12-3-1-2-4-13(12)14(16)17;1-10-6-8-11(9-7-10)12-4-2-3-5-13(12)14(15)16;1-11-7-9-12(10-8-11)13-5-3-4-6-14(13)15-2;1-2;;;;;;;;;;;/h5-8,10-19H,4,9,20H2,1-3H3,(H2,34,39);5-6,8-11H,4,7H2,1-3H3,(H,20,22);2*1-8H,9H2,(H2,16,17);2-9H,1H3,(H2,15,16);3-10H,1H3;;8*1H;;;/q;;;;;;;;;;;;;;;+2;2*+3/p-8. The molecule has 0 radical (unpaired) electrons. The first-order valence-electron chi connectivity index (χ1n) is 43.4. The second-order valence-electron chi connectivity index (χ2n) is 31.4. The molecule has 0 spiro atoms. The van der Waals surface area contributed by atoms with Crippen molar-refractivity contribution in [2.45, 2.75) is 84.4 Å². The van der Waals surface area contributed by atoms with Crippen molar-refractivity contribution in [2.75, 3.05) is 0 Å². The molecule has 0 saturated heterocycles. The molecule has 140 heavy (non-hydrogen) atoms. The normalized spacial score (nSPS) is 10.4. The number of imidazole rings is 4. The molecule has 4 heterocycles. The van der Waals surface area contributed by atoms with Gasteiger partial charge in [0.2, 0.25) is 23.6 Å². The fourth-order valence-corrected chi connectivity index (χ4v) is 16.1. The molecule has 18 rings (SSSR count). The van der Waals surface area contributed by atoms with E-state index in [1.54, 1.807) is 24.3 Å². The number of aromatic amines is 1. The van der Waals surface area contributed by atoms with Crippen molar-refractivity contribution in [3.05, 3.63) is 400 Å². The number of rotatable bonds is 19. The van der Waals surface area contributed by atoms with Crippen LogP contribution in [0.25, 0.3) is 127 Å². The van der Waals surface area contributed by atoms with Gasteiger partial charge in [0.05, 0.1) is 50.7 Å². The van der Waals surface area contributed by atoms with Gasteiger partial charge in [-0.3, -0.25) is 19.2 Å². The molecule has 0 atom stereocenters. The summed E-state index contributed by atoms with van der Waals surface area (Å²) in [5.41, 5.74) is 53.3. The Hall–Kier alpha value is -5.66. The molecule has 719 valence electrons. The first kappa shape index (κ1) is 118. The quantitative estimate of drug-likeness (QED) is 0.0295. The van der Waals surface area contributed by atoms with Crippen molar-refractivity contribution in [2.24, 2.45) is 37.0 Å². The Kier molecular flexibility index (Phi) is 51.5. The number of nitrogens with zero attached hydrogens (tertiary/aromatic N) is 8. The van der Waals surface area contributed by atoms with Gasteiger partial charge < -0.3 is 41.6 Å². The van der Waals surface area contributed by atoms with Crippen LogP contribution in [0.3, 0.4) is 0 Å². The molecule has 0 unspecified atom stereocenters. The molecule has 0 saturated carbocycles. The van der Waals surface area contributed by atoms with Crippen LogP contribution in [0.4, 0.5) is 5.69 Å². The van der Waals surface area contributed by atoms with E-state index in [9.17, 15) is 19.2 Å². The van der Waals surface area contributed by atoms with Crippen LogP contribution in [0, 0.1) is 34.3 Å².